The number of aryl methyl sites for hydroxylation is 2. The number of rotatable bonds is 2. The molecule has 0 N–H and O–H groups in total. The first kappa shape index (κ1) is 13.1. The fraction of sp³-hybridized carbons (Fsp3) is 0.375. The van der Waals surface area contributed by atoms with Gasteiger partial charge < -0.3 is 0 Å². The van der Waals surface area contributed by atoms with Crippen molar-refractivity contribution in [3.63, 3.8) is 0 Å². The van der Waals surface area contributed by atoms with Crippen molar-refractivity contribution >= 4 is 10.8 Å². The highest BCUT2D eigenvalue weighted by Crippen LogP contribution is 2.37. The molecule has 2 aromatic carbocycles. The van der Waals surface area contributed by atoms with E-state index in [0.717, 1.165) is 38.7 Å². The molecule has 1 fully saturated rings. The highest BCUT2D eigenvalue weighted by molar-refractivity contribution is 5.94. The predicted molar refractivity (Wildman–Crippen MR) is 106 cm³/mol. The molecule has 3 aromatic rings. The zero-order valence-corrected chi connectivity index (χ0v) is 15.7. The van der Waals surface area contributed by atoms with Crippen LogP contribution in [0.4, 0.5) is 0 Å². The Morgan fingerprint density at radius 3 is 2.60 bits per heavy atom. The number of hydrogen-bond donors (Lipinski definition) is 0. The zero-order valence-electron chi connectivity index (χ0n) is 18.7. The Morgan fingerprint density at radius 2 is 1.84 bits per heavy atom. The van der Waals surface area contributed by atoms with E-state index in [9.17, 15) is 0 Å². The Labute approximate surface area is 155 Å². The maximum atomic E-state index is 8.72. The minimum atomic E-state index is 0.198. The molecule has 1 heterocycles. The van der Waals surface area contributed by atoms with Gasteiger partial charge in [0.2, 0.25) is 5.69 Å². The van der Waals surface area contributed by atoms with Crippen LogP contribution in [0.25, 0.3) is 22.0 Å². The number of hydrogen-bond acceptors (Lipinski definition) is 0. The lowest BCUT2D eigenvalue weighted by Crippen LogP contribution is -2.30. The molecule has 1 heteroatoms. The molecule has 0 amide bonds. The Bertz CT molecular complexity index is 1070. The summed E-state index contributed by atoms with van der Waals surface area (Å²) in [7, 11) is 1.84. The normalized spacial score (nSPS) is 16.9. The smallest absolute Gasteiger partial charge is 0.200 e. The van der Waals surface area contributed by atoms with Gasteiger partial charge >= 0.3 is 0 Å². The van der Waals surface area contributed by atoms with Gasteiger partial charge in [-0.25, -0.2) is 4.57 Å². The van der Waals surface area contributed by atoms with Crippen LogP contribution in [-0.4, -0.2) is 0 Å². The van der Waals surface area contributed by atoms with Crippen molar-refractivity contribution in [2.24, 2.45) is 7.05 Å². The summed E-state index contributed by atoms with van der Waals surface area (Å²) in [5.41, 5.74) is 6.22. The van der Waals surface area contributed by atoms with E-state index >= 15 is 0 Å². The van der Waals surface area contributed by atoms with E-state index < -0.39 is 0 Å². The molecule has 25 heavy (non-hydrogen) atoms. The lowest BCUT2D eigenvalue weighted by Gasteiger charge is -2.14. The van der Waals surface area contributed by atoms with Crippen LogP contribution >= 0.6 is 0 Å². The maximum absolute atomic E-state index is 8.72. The van der Waals surface area contributed by atoms with Crippen molar-refractivity contribution in [2.75, 3.05) is 0 Å². The Balaban J connectivity index is 2.07. The van der Waals surface area contributed by atoms with Crippen LogP contribution < -0.4 is 4.57 Å². The molecule has 1 aliphatic rings. The maximum Gasteiger partial charge on any atom is 0.220 e. The third-order valence-electron chi connectivity index (χ3n) is 5.78. The third-order valence-corrected chi connectivity index (χ3v) is 5.78. The topological polar surface area (TPSA) is 3.88 Å². The molecule has 0 spiro atoms. The standard InChI is InChI=1S/C24H28N/c1-16-13-17(2)18(3)23(14-16)24-22-10-9-20(19-7-5-6-8-19)15-21(22)11-12-25(24)4/h9-15,19H,5-8H2,1-4H3/q+1/i11D,12D,14D. The van der Waals surface area contributed by atoms with Gasteiger partial charge in [0.1, 0.15) is 8.42 Å². The van der Waals surface area contributed by atoms with E-state index in [1.807, 2.05) is 14.0 Å². The Hall–Kier alpha value is -2.15. The molecule has 0 atom stereocenters. The van der Waals surface area contributed by atoms with E-state index in [2.05, 4.69) is 38.1 Å². The molecule has 1 saturated carbocycles. The molecule has 4 rings (SSSR count). The molecule has 0 unspecified atom stereocenters. The van der Waals surface area contributed by atoms with E-state index in [1.54, 1.807) is 4.57 Å². The minimum absolute atomic E-state index is 0.198. The van der Waals surface area contributed by atoms with E-state index in [4.69, 9.17) is 4.11 Å². The summed E-state index contributed by atoms with van der Waals surface area (Å²) in [6, 6.07) is 9.30. The lowest BCUT2D eigenvalue weighted by molar-refractivity contribution is -0.659. The summed E-state index contributed by atoms with van der Waals surface area (Å²) in [6.45, 7) is 6.10. The van der Waals surface area contributed by atoms with Crippen LogP contribution in [0.1, 0.15) is 58.0 Å². The van der Waals surface area contributed by atoms with Crippen molar-refractivity contribution in [2.45, 2.75) is 52.4 Å². The van der Waals surface area contributed by atoms with Gasteiger partial charge in [0.25, 0.3) is 0 Å². The largest absolute Gasteiger partial charge is 0.220 e. The van der Waals surface area contributed by atoms with Crippen molar-refractivity contribution < 1.29 is 8.68 Å². The van der Waals surface area contributed by atoms with Gasteiger partial charge in [-0.3, -0.25) is 0 Å². The highest BCUT2D eigenvalue weighted by Gasteiger charge is 2.21. The fourth-order valence-corrected chi connectivity index (χ4v) is 4.26. The van der Waals surface area contributed by atoms with Gasteiger partial charge in [0.05, 0.1) is 13.7 Å². The van der Waals surface area contributed by atoms with Crippen LogP contribution in [-0.2, 0) is 7.05 Å². The summed E-state index contributed by atoms with van der Waals surface area (Å²) >= 11 is 0. The first-order chi connectivity index (χ1) is 13.3. The van der Waals surface area contributed by atoms with E-state index in [0.29, 0.717) is 12.0 Å². The molecule has 128 valence electrons. The van der Waals surface area contributed by atoms with Crippen LogP contribution in [0.5, 0.6) is 0 Å². The monoisotopic (exact) mass is 333 g/mol. The van der Waals surface area contributed by atoms with Crippen molar-refractivity contribution in [1.82, 2.24) is 0 Å². The van der Waals surface area contributed by atoms with Crippen LogP contribution in [0.2, 0.25) is 0 Å². The van der Waals surface area contributed by atoms with Crippen LogP contribution in [0.15, 0.2) is 42.5 Å². The third kappa shape index (κ3) is 2.86. The van der Waals surface area contributed by atoms with Gasteiger partial charge in [0.15, 0.2) is 6.17 Å². The SMILES string of the molecule is [2H]c1c(C)cc(C)c(C)c1-c1c2ccc(C3CCCC3)cc2c([2H])c([2H])[n+]1C. The van der Waals surface area contributed by atoms with E-state index in [-0.39, 0.29) is 12.2 Å². The number of pyridine rings is 1. The summed E-state index contributed by atoms with van der Waals surface area (Å²) in [6.07, 6.45) is 5.18. The van der Waals surface area contributed by atoms with Gasteiger partial charge in [-0.1, -0.05) is 36.6 Å². The van der Waals surface area contributed by atoms with Crippen molar-refractivity contribution in [3.8, 4) is 11.3 Å². The minimum Gasteiger partial charge on any atom is -0.200 e. The summed E-state index contributed by atoms with van der Waals surface area (Å²) in [5, 5.41) is 1.80. The first-order valence-electron chi connectivity index (χ1n) is 10.8. The molecule has 0 radical (unpaired) electrons. The van der Waals surface area contributed by atoms with Crippen molar-refractivity contribution in [3.05, 3.63) is 64.8 Å². The average molecular weight is 334 g/mol. The number of aromatic nitrogens is 1. The molecular formula is C24H28N+. The molecule has 0 saturated heterocycles. The van der Waals surface area contributed by atoms with Crippen LogP contribution in [0, 0.1) is 20.8 Å². The second kappa shape index (κ2) is 6.29. The summed E-state index contributed by atoms with van der Waals surface area (Å²) < 4.78 is 27.7. The lowest BCUT2D eigenvalue weighted by atomic mass is 9.92. The van der Waals surface area contributed by atoms with E-state index in [1.165, 1.54) is 31.2 Å². The number of benzene rings is 2. The van der Waals surface area contributed by atoms with Gasteiger partial charge in [-0.15, -0.1) is 0 Å². The fourth-order valence-electron chi connectivity index (χ4n) is 4.26. The van der Waals surface area contributed by atoms with Gasteiger partial charge in [-0.05, 0) is 73.7 Å². The number of nitrogens with zero attached hydrogens (tertiary/aromatic N) is 1. The molecular weight excluding hydrogens is 302 g/mol. The Morgan fingerprint density at radius 1 is 1.08 bits per heavy atom. The predicted octanol–water partition coefficient (Wildman–Crippen LogP) is 5.91. The van der Waals surface area contributed by atoms with Gasteiger partial charge in [0, 0.05) is 6.04 Å². The second-order valence-corrected chi connectivity index (χ2v) is 7.57. The molecule has 0 bridgehead atoms. The quantitative estimate of drug-likeness (QED) is 0.513. The summed E-state index contributed by atoms with van der Waals surface area (Å²) in [4.78, 5) is 0. The molecule has 0 aliphatic heterocycles. The first-order valence-corrected chi connectivity index (χ1v) is 9.31. The molecule has 1 nitrogen and oxygen atoms in total. The highest BCUT2D eigenvalue weighted by atomic mass is 14.9. The average Bonchev–Trinajstić information content (AvgIpc) is 3.22. The second-order valence-electron chi connectivity index (χ2n) is 7.57. The zero-order chi connectivity index (χ0) is 20.2. The molecule has 1 aliphatic carbocycles. The Kier molecular flexibility index (Phi) is 3.30. The van der Waals surface area contributed by atoms with Crippen LogP contribution in [0.3, 0.4) is 0 Å². The van der Waals surface area contributed by atoms with Crippen molar-refractivity contribution in [1.29, 1.82) is 0 Å². The number of fused-ring (bicyclic) bond motifs is 1. The van der Waals surface area contributed by atoms with Gasteiger partial charge in [-0.2, -0.15) is 0 Å². The summed E-state index contributed by atoms with van der Waals surface area (Å²) in [5.74, 6) is 0.574. The molecule has 1 aromatic heterocycles.